The number of carbonyl (C=O) groups excluding carboxylic acids is 1. The maximum Gasteiger partial charge on any atom is 0.259 e. The Kier molecular flexibility index (Phi) is 5.43. The van der Waals surface area contributed by atoms with Crippen LogP contribution < -0.4 is 14.8 Å². The highest BCUT2D eigenvalue weighted by Crippen LogP contribution is 2.28. The zero-order valence-electron chi connectivity index (χ0n) is 16.6. The molecule has 0 fully saturated rings. The average molecular weight is 400 g/mol. The number of para-hydroxylation sites is 1. The molecule has 2 aromatic heterocycles. The maximum atomic E-state index is 12.8. The van der Waals surface area contributed by atoms with Crippen LogP contribution in [0, 0.1) is 6.92 Å². The van der Waals surface area contributed by atoms with E-state index in [2.05, 4.69) is 15.4 Å². The van der Waals surface area contributed by atoms with Crippen LogP contribution in [-0.4, -0.2) is 27.8 Å². The number of nitrogens with zero attached hydrogens (tertiary/aromatic N) is 3. The number of pyridine rings is 1. The number of aromatic nitrogens is 3. The molecular weight excluding hydrogens is 380 g/mol. The van der Waals surface area contributed by atoms with Gasteiger partial charge < -0.3 is 14.8 Å². The summed E-state index contributed by atoms with van der Waals surface area (Å²) >= 11 is 0. The predicted molar refractivity (Wildman–Crippen MR) is 114 cm³/mol. The van der Waals surface area contributed by atoms with Crippen LogP contribution in [0.5, 0.6) is 17.4 Å². The van der Waals surface area contributed by atoms with E-state index in [1.54, 1.807) is 60.6 Å². The molecular formula is C23H20N4O3. The van der Waals surface area contributed by atoms with E-state index in [0.29, 0.717) is 22.9 Å². The number of rotatable bonds is 6. The summed E-state index contributed by atoms with van der Waals surface area (Å²) in [6, 6.07) is 18.4. The van der Waals surface area contributed by atoms with Crippen molar-refractivity contribution in [2.45, 2.75) is 6.92 Å². The van der Waals surface area contributed by atoms with Crippen molar-refractivity contribution in [3.63, 3.8) is 0 Å². The van der Waals surface area contributed by atoms with Crippen LogP contribution in [0.25, 0.3) is 5.69 Å². The van der Waals surface area contributed by atoms with Crippen molar-refractivity contribution in [3.8, 4) is 23.1 Å². The Morgan fingerprint density at radius 2 is 1.77 bits per heavy atom. The van der Waals surface area contributed by atoms with Crippen LogP contribution in [-0.2, 0) is 0 Å². The van der Waals surface area contributed by atoms with Crippen molar-refractivity contribution in [1.29, 1.82) is 0 Å². The maximum absolute atomic E-state index is 12.8. The van der Waals surface area contributed by atoms with E-state index in [4.69, 9.17) is 9.47 Å². The molecule has 0 atom stereocenters. The lowest BCUT2D eigenvalue weighted by atomic mass is 10.2. The van der Waals surface area contributed by atoms with E-state index in [9.17, 15) is 4.79 Å². The standard InChI is InChI=1S/C23H20N4O3/c1-16-6-3-4-8-21(16)27-15-17(14-25-27)22(28)26-20-7-5-13-24-23(20)30-19-11-9-18(29-2)10-12-19/h3-15H,1-2H3,(H,26,28). The Bertz CT molecular complexity index is 1170. The number of hydrogen-bond donors (Lipinski definition) is 1. The molecule has 0 unspecified atom stereocenters. The first-order chi connectivity index (χ1) is 14.6. The van der Waals surface area contributed by atoms with Gasteiger partial charge in [0.2, 0.25) is 5.88 Å². The molecule has 0 aliphatic heterocycles. The highest BCUT2D eigenvalue weighted by molar-refractivity contribution is 6.04. The van der Waals surface area contributed by atoms with Crippen LogP contribution in [0.1, 0.15) is 15.9 Å². The molecule has 0 aliphatic rings. The highest BCUT2D eigenvalue weighted by atomic mass is 16.5. The second-order valence-electron chi connectivity index (χ2n) is 6.55. The van der Waals surface area contributed by atoms with Gasteiger partial charge in [-0.1, -0.05) is 18.2 Å². The summed E-state index contributed by atoms with van der Waals surface area (Å²) in [6.07, 6.45) is 4.82. The quantitative estimate of drug-likeness (QED) is 0.511. The fourth-order valence-electron chi connectivity index (χ4n) is 2.91. The molecule has 30 heavy (non-hydrogen) atoms. The predicted octanol–water partition coefficient (Wildman–Crippen LogP) is 4.63. The van der Waals surface area contributed by atoms with Gasteiger partial charge >= 0.3 is 0 Å². The molecule has 7 heteroatoms. The molecule has 4 aromatic rings. The molecule has 1 amide bonds. The summed E-state index contributed by atoms with van der Waals surface area (Å²) in [4.78, 5) is 17.0. The van der Waals surface area contributed by atoms with Gasteiger partial charge in [-0.15, -0.1) is 0 Å². The van der Waals surface area contributed by atoms with Gasteiger partial charge in [-0.2, -0.15) is 5.10 Å². The first-order valence-corrected chi connectivity index (χ1v) is 9.33. The number of methoxy groups -OCH3 is 1. The van der Waals surface area contributed by atoms with Gasteiger partial charge in [0.05, 0.1) is 24.6 Å². The second-order valence-corrected chi connectivity index (χ2v) is 6.55. The fraction of sp³-hybridized carbons (Fsp3) is 0.0870. The number of hydrogen-bond acceptors (Lipinski definition) is 5. The first kappa shape index (κ1) is 19.2. The van der Waals surface area contributed by atoms with E-state index in [1.807, 2.05) is 31.2 Å². The van der Waals surface area contributed by atoms with Crippen LogP contribution in [0.15, 0.2) is 79.3 Å². The molecule has 0 saturated heterocycles. The lowest BCUT2D eigenvalue weighted by Gasteiger charge is -2.11. The van der Waals surface area contributed by atoms with Gasteiger partial charge in [-0.3, -0.25) is 4.79 Å². The van der Waals surface area contributed by atoms with E-state index in [1.165, 1.54) is 6.20 Å². The number of nitrogens with one attached hydrogen (secondary N) is 1. The fourth-order valence-corrected chi connectivity index (χ4v) is 2.91. The first-order valence-electron chi connectivity index (χ1n) is 9.33. The summed E-state index contributed by atoms with van der Waals surface area (Å²) in [7, 11) is 1.60. The topological polar surface area (TPSA) is 78.3 Å². The number of anilines is 1. The van der Waals surface area contributed by atoms with E-state index < -0.39 is 0 Å². The zero-order valence-corrected chi connectivity index (χ0v) is 16.6. The Balaban J connectivity index is 1.52. The van der Waals surface area contributed by atoms with Gasteiger partial charge in [0.25, 0.3) is 5.91 Å². The van der Waals surface area contributed by atoms with Crippen LogP contribution in [0.4, 0.5) is 5.69 Å². The third-order valence-electron chi connectivity index (χ3n) is 4.50. The minimum Gasteiger partial charge on any atom is -0.497 e. The average Bonchev–Trinajstić information content (AvgIpc) is 3.26. The molecule has 4 rings (SSSR count). The lowest BCUT2D eigenvalue weighted by Crippen LogP contribution is -2.12. The van der Waals surface area contributed by atoms with Crippen molar-refractivity contribution in [1.82, 2.24) is 14.8 Å². The van der Waals surface area contributed by atoms with Crippen molar-refractivity contribution < 1.29 is 14.3 Å². The van der Waals surface area contributed by atoms with Gasteiger partial charge in [0, 0.05) is 12.4 Å². The summed E-state index contributed by atoms with van der Waals surface area (Å²) < 4.78 is 12.7. The van der Waals surface area contributed by atoms with Gasteiger partial charge in [0.15, 0.2) is 0 Å². The van der Waals surface area contributed by atoms with Crippen LogP contribution >= 0.6 is 0 Å². The third kappa shape index (κ3) is 4.15. The SMILES string of the molecule is COc1ccc(Oc2ncccc2NC(=O)c2cnn(-c3ccccc3C)c2)cc1. The monoisotopic (exact) mass is 400 g/mol. The lowest BCUT2D eigenvalue weighted by molar-refractivity contribution is 0.102. The Labute approximate surface area is 173 Å². The molecule has 2 aromatic carbocycles. The summed E-state index contributed by atoms with van der Waals surface area (Å²) in [5, 5.41) is 7.16. The molecule has 150 valence electrons. The van der Waals surface area contributed by atoms with Crippen LogP contribution in [0.3, 0.4) is 0 Å². The second kappa shape index (κ2) is 8.48. The summed E-state index contributed by atoms with van der Waals surface area (Å²) in [6.45, 7) is 2.00. The molecule has 7 nitrogen and oxygen atoms in total. The minimum atomic E-state index is -0.303. The number of amides is 1. The van der Waals surface area contributed by atoms with Gasteiger partial charge in [0.1, 0.15) is 17.2 Å². The molecule has 0 saturated carbocycles. The van der Waals surface area contributed by atoms with Crippen molar-refractivity contribution >= 4 is 11.6 Å². The number of benzene rings is 2. The van der Waals surface area contributed by atoms with Crippen molar-refractivity contribution in [3.05, 3.63) is 90.4 Å². The van der Waals surface area contributed by atoms with Crippen molar-refractivity contribution in [2.24, 2.45) is 0 Å². The molecule has 0 bridgehead atoms. The van der Waals surface area contributed by atoms with E-state index >= 15 is 0 Å². The van der Waals surface area contributed by atoms with Gasteiger partial charge in [-0.05, 0) is 55.0 Å². The number of aryl methyl sites for hydroxylation is 1. The number of ether oxygens (including phenoxy) is 2. The molecule has 0 spiro atoms. The van der Waals surface area contributed by atoms with Crippen molar-refractivity contribution in [2.75, 3.05) is 12.4 Å². The Hall–Kier alpha value is -4.13. The Morgan fingerprint density at radius 3 is 2.53 bits per heavy atom. The van der Waals surface area contributed by atoms with Crippen LogP contribution in [0.2, 0.25) is 0 Å². The minimum absolute atomic E-state index is 0.294. The molecule has 2 heterocycles. The van der Waals surface area contributed by atoms with Gasteiger partial charge in [-0.25, -0.2) is 9.67 Å². The summed E-state index contributed by atoms with van der Waals surface area (Å²) in [5.74, 6) is 1.30. The third-order valence-corrected chi connectivity index (χ3v) is 4.50. The normalized spacial score (nSPS) is 10.5. The molecule has 0 aliphatic carbocycles. The highest BCUT2D eigenvalue weighted by Gasteiger charge is 2.14. The Morgan fingerprint density at radius 1 is 1.00 bits per heavy atom. The molecule has 1 N–H and O–H groups in total. The van der Waals surface area contributed by atoms with E-state index in [-0.39, 0.29) is 5.91 Å². The zero-order chi connectivity index (χ0) is 20.9. The smallest absolute Gasteiger partial charge is 0.259 e. The summed E-state index contributed by atoms with van der Waals surface area (Å²) in [5.41, 5.74) is 2.87. The molecule has 0 radical (unpaired) electrons. The van der Waals surface area contributed by atoms with E-state index in [0.717, 1.165) is 17.0 Å². The number of carbonyl (C=O) groups is 1. The largest absolute Gasteiger partial charge is 0.497 e.